The smallest absolute Gasteiger partial charge is 0.397 e. The molecular formula is C21H25N9O13P2. The van der Waals surface area contributed by atoms with E-state index in [-0.39, 0.29) is 28.4 Å². The number of H-pyrrole nitrogens is 1. The van der Waals surface area contributed by atoms with Crippen LogP contribution >= 0.6 is 15.6 Å². The van der Waals surface area contributed by atoms with E-state index in [0.717, 1.165) is 10.9 Å². The van der Waals surface area contributed by atoms with Gasteiger partial charge in [0, 0.05) is 6.20 Å². The highest BCUT2D eigenvalue weighted by molar-refractivity contribution is 7.47. The number of phosphoric ester groups is 2. The second-order valence-electron chi connectivity index (χ2n) is 10.3. The van der Waals surface area contributed by atoms with E-state index in [2.05, 4.69) is 24.9 Å². The molecule has 0 saturated carbocycles. The number of hydrogen-bond acceptors (Lipinski definition) is 17. The first kappa shape index (κ1) is 30.3. The summed E-state index contributed by atoms with van der Waals surface area (Å²) in [6.45, 7) is -1.63. The molecule has 3 saturated heterocycles. The van der Waals surface area contributed by atoms with Gasteiger partial charge in [-0.1, -0.05) is 0 Å². The Bertz CT molecular complexity index is 1930. The van der Waals surface area contributed by atoms with Crippen LogP contribution in [0.5, 0.6) is 0 Å². The van der Waals surface area contributed by atoms with Crippen molar-refractivity contribution in [1.29, 1.82) is 0 Å². The van der Waals surface area contributed by atoms with Crippen LogP contribution in [0.4, 0.5) is 11.6 Å². The maximum atomic E-state index is 13.1. The number of aliphatic hydroxyl groups is 2. The molecule has 0 bridgehead atoms. The van der Waals surface area contributed by atoms with Crippen LogP contribution in [0.3, 0.4) is 0 Å². The number of ether oxygens (including phenoxy) is 2. The van der Waals surface area contributed by atoms with Gasteiger partial charge in [0.05, 0.1) is 31.6 Å². The zero-order chi connectivity index (χ0) is 31.8. The molecule has 3 aliphatic rings. The summed E-state index contributed by atoms with van der Waals surface area (Å²) in [6.07, 6.45) is -8.71. The number of anilines is 2. The van der Waals surface area contributed by atoms with E-state index in [0.29, 0.717) is 5.52 Å². The number of aromatic amines is 1. The molecule has 0 radical (unpaired) electrons. The number of nitrogens with one attached hydrogen (secondary N) is 1. The van der Waals surface area contributed by atoms with Gasteiger partial charge in [0.15, 0.2) is 29.3 Å². The molecular weight excluding hydrogens is 648 g/mol. The molecule has 9 N–H and O–H groups in total. The molecule has 0 aliphatic carbocycles. The van der Waals surface area contributed by atoms with E-state index in [4.69, 9.17) is 39.0 Å². The minimum atomic E-state index is -5.05. The summed E-state index contributed by atoms with van der Waals surface area (Å²) in [5.74, 6) is -0.266. The van der Waals surface area contributed by atoms with Gasteiger partial charge in [0.1, 0.15) is 42.1 Å². The van der Waals surface area contributed by atoms with Crippen LogP contribution in [-0.2, 0) is 36.7 Å². The summed E-state index contributed by atoms with van der Waals surface area (Å²) < 4.78 is 61.0. The maximum absolute atomic E-state index is 13.1. The van der Waals surface area contributed by atoms with Crippen molar-refractivity contribution in [1.82, 2.24) is 34.1 Å². The average Bonchev–Trinajstić information content (AvgIpc) is 3.72. The lowest BCUT2D eigenvalue weighted by atomic mass is 10.1. The number of aliphatic hydroxyl groups excluding tert-OH is 2. The third-order valence-electron chi connectivity index (χ3n) is 7.42. The first-order valence-electron chi connectivity index (χ1n) is 13.1. The Balaban J connectivity index is 1.17. The molecule has 0 aromatic carbocycles. The van der Waals surface area contributed by atoms with Crippen LogP contribution in [0.15, 0.2) is 29.7 Å². The van der Waals surface area contributed by atoms with E-state index in [1.165, 1.54) is 23.2 Å². The summed E-state index contributed by atoms with van der Waals surface area (Å²) in [5, 5.41) is 22.3. The Labute approximate surface area is 249 Å². The number of imidazole rings is 2. The number of rotatable bonds is 2. The van der Waals surface area contributed by atoms with E-state index >= 15 is 0 Å². The number of nitrogens with two attached hydrogens (primary N) is 2. The van der Waals surface area contributed by atoms with Gasteiger partial charge >= 0.3 is 15.6 Å². The zero-order valence-corrected chi connectivity index (χ0v) is 24.3. The fourth-order valence-electron chi connectivity index (χ4n) is 5.40. The maximum Gasteiger partial charge on any atom is 0.472 e. The predicted molar refractivity (Wildman–Crippen MR) is 146 cm³/mol. The quantitative estimate of drug-likeness (QED) is 0.116. The van der Waals surface area contributed by atoms with Gasteiger partial charge in [-0.25, -0.2) is 24.1 Å². The van der Waals surface area contributed by atoms with Gasteiger partial charge in [-0.15, -0.1) is 0 Å². The van der Waals surface area contributed by atoms with Crippen LogP contribution in [0, 0.1) is 0 Å². The van der Waals surface area contributed by atoms with Crippen molar-refractivity contribution in [2.45, 2.75) is 49.1 Å². The molecule has 242 valence electrons. The first-order chi connectivity index (χ1) is 21.3. The predicted octanol–water partition coefficient (Wildman–Crippen LogP) is -1.74. The Morgan fingerprint density at radius 2 is 1.38 bits per heavy atom. The third-order valence-corrected chi connectivity index (χ3v) is 9.39. The van der Waals surface area contributed by atoms with Gasteiger partial charge in [-0.2, -0.15) is 4.98 Å². The van der Waals surface area contributed by atoms with Crippen LogP contribution in [0.25, 0.3) is 22.3 Å². The normalized spacial score (nSPS) is 37.7. The summed E-state index contributed by atoms with van der Waals surface area (Å²) >= 11 is 0. The summed E-state index contributed by atoms with van der Waals surface area (Å²) in [6, 6.07) is 1.51. The van der Waals surface area contributed by atoms with Gasteiger partial charge in [0.2, 0.25) is 5.95 Å². The lowest BCUT2D eigenvalue weighted by molar-refractivity contribution is -0.0664. The van der Waals surface area contributed by atoms with Gasteiger partial charge in [0.25, 0.3) is 5.56 Å². The topological polar surface area (TPSA) is 317 Å². The molecule has 7 heterocycles. The monoisotopic (exact) mass is 673 g/mol. The lowest BCUT2D eigenvalue weighted by Gasteiger charge is -2.27. The van der Waals surface area contributed by atoms with Gasteiger partial charge in [-0.05, 0) is 6.07 Å². The number of nitrogen functional groups attached to an aromatic ring is 2. The molecule has 3 fully saturated rings. The molecule has 22 nitrogen and oxygen atoms in total. The van der Waals surface area contributed by atoms with Crippen molar-refractivity contribution in [3.8, 4) is 0 Å². The molecule has 3 aliphatic heterocycles. The fourth-order valence-corrected chi connectivity index (χ4v) is 7.33. The zero-order valence-electron chi connectivity index (χ0n) is 22.5. The molecule has 4 aromatic heterocycles. The van der Waals surface area contributed by atoms with Crippen LogP contribution < -0.4 is 17.0 Å². The molecule has 2 unspecified atom stereocenters. The molecule has 24 heteroatoms. The van der Waals surface area contributed by atoms with Crippen molar-refractivity contribution in [2.24, 2.45) is 0 Å². The molecule has 0 spiro atoms. The summed E-state index contributed by atoms with van der Waals surface area (Å²) in [5.41, 5.74) is 11.4. The van der Waals surface area contributed by atoms with Crippen molar-refractivity contribution in [3.05, 3.63) is 35.3 Å². The highest BCUT2D eigenvalue weighted by Crippen LogP contribution is 2.53. The number of aromatic nitrogens is 7. The number of fused-ring (bicyclic) bond motifs is 4. The largest absolute Gasteiger partial charge is 0.472 e. The standard InChI is InChI=1S/C21H25N9O13P2/c22-7-1-2-24-16-10(7)25-5-29(16)19-12(31)14-8(40-19)3-38-45(36,37)43-15-9(4-39-44(34,35)42-14)41-20(13(15)32)30-6-26-11-17(30)27-21(23)28-18(11)33/h1-2,5-6,8-9,12-15,19-20,31-32H,3-4H2,(H2,22,24)(H,34,35)(H,36,37)(H3,23,27,28,33)/t8-,9-,12-,13-,14-,15-,19-,20-/m1/s1. The molecule has 7 rings (SSSR count). The van der Waals surface area contributed by atoms with Gasteiger partial charge in [-0.3, -0.25) is 37.0 Å². The van der Waals surface area contributed by atoms with Crippen LogP contribution in [0.2, 0.25) is 0 Å². The Kier molecular flexibility index (Phi) is 7.32. The SMILES string of the molecule is Nc1nc2c(ncn2[C@@H]2O[C@@H]3COP(=O)(O)O[C@H]4[C@@H](O)[C@H](n5cnc6c(N)ccnc65)O[C@@H]4COP(=O)(O)O[C@H]3[C@H]2O)c(=O)[nH]1. The Morgan fingerprint density at radius 1 is 0.844 bits per heavy atom. The summed E-state index contributed by atoms with van der Waals surface area (Å²) in [7, 11) is -10.1. The Hall–Kier alpha value is -3.37. The first-order valence-corrected chi connectivity index (χ1v) is 16.1. The van der Waals surface area contributed by atoms with Gasteiger partial charge < -0.3 is 40.9 Å². The van der Waals surface area contributed by atoms with E-state index in [9.17, 15) is 33.9 Å². The van der Waals surface area contributed by atoms with Crippen molar-refractivity contribution < 1.29 is 56.7 Å². The number of phosphoric acid groups is 2. The second-order valence-corrected chi connectivity index (χ2v) is 13.1. The van der Waals surface area contributed by atoms with E-state index in [1.807, 2.05) is 0 Å². The van der Waals surface area contributed by atoms with Crippen LogP contribution in [0.1, 0.15) is 12.5 Å². The third kappa shape index (κ3) is 5.33. The molecule has 0 amide bonds. The number of hydrogen-bond donors (Lipinski definition) is 7. The van der Waals surface area contributed by atoms with Crippen molar-refractivity contribution in [3.63, 3.8) is 0 Å². The average molecular weight is 673 g/mol. The number of nitrogens with zero attached hydrogens (tertiary/aromatic N) is 6. The second kappa shape index (κ2) is 10.9. The van der Waals surface area contributed by atoms with Crippen LogP contribution in [-0.4, -0.2) is 104 Å². The minimum absolute atomic E-state index is 0.102. The Morgan fingerprint density at radius 3 is 1.96 bits per heavy atom. The van der Waals surface area contributed by atoms with Crippen molar-refractivity contribution in [2.75, 3.05) is 24.7 Å². The highest BCUT2D eigenvalue weighted by atomic mass is 31.2. The molecule has 10 atom stereocenters. The van der Waals surface area contributed by atoms with E-state index in [1.54, 1.807) is 0 Å². The van der Waals surface area contributed by atoms with Crippen molar-refractivity contribution >= 4 is 49.6 Å². The van der Waals surface area contributed by atoms with E-state index < -0.39 is 83.5 Å². The fraction of sp³-hybridized carbons (Fsp3) is 0.476. The molecule has 45 heavy (non-hydrogen) atoms. The lowest BCUT2D eigenvalue weighted by Crippen LogP contribution is -2.39. The number of pyridine rings is 1. The summed E-state index contributed by atoms with van der Waals surface area (Å²) in [4.78, 5) is 52.0. The minimum Gasteiger partial charge on any atom is -0.397 e. The highest BCUT2D eigenvalue weighted by Gasteiger charge is 2.54. The molecule has 4 aromatic rings.